The highest BCUT2D eigenvalue weighted by atomic mass is 32.2. The summed E-state index contributed by atoms with van der Waals surface area (Å²) in [7, 11) is -3.46. The minimum absolute atomic E-state index is 0.0287. The van der Waals surface area contributed by atoms with Crippen LogP contribution in [-0.2, 0) is 10.0 Å². The second kappa shape index (κ2) is 6.09. The highest BCUT2D eigenvalue weighted by Crippen LogP contribution is 2.57. The first kappa shape index (κ1) is 17.5. The van der Waals surface area contributed by atoms with Crippen molar-refractivity contribution in [3.63, 3.8) is 0 Å². The number of hydrogen-bond acceptors (Lipinski definition) is 2. The molecule has 0 aliphatic heterocycles. The third kappa shape index (κ3) is 3.06. The zero-order chi connectivity index (χ0) is 17.9. The molecule has 1 N–H and O–H groups in total. The van der Waals surface area contributed by atoms with E-state index in [2.05, 4.69) is 11.6 Å². The fourth-order valence-corrected chi connectivity index (χ4v) is 7.98. The van der Waals surface area contributed by atoms with Gasteiger partial charge in [-0.3, -0.25) is 0 Å². The maximum atomic E-state index is 13.1. The maximum Gasteiger partial charge on any atom is 0.241 e. The first-order valence-corrected chi connectivity index (χ1v) is 11.3. The SMILES string of the molecule is Cc1cc(C)c(S(=O)(=O)N[C@H](C)C2C3CC4CC(C3)CC2C4)cc1C. The molecular formula is C21H31NO2S. The second-order valence-electron chi connectivity index (χ2n) is 9.12. The van der Waals surface area contributed by atoms with Gasteiger partial charge < -0.3 is 0 Å². The van der Waals surface area contributed by atoms with Crippen LogP contribution in [0.15, 0.2) is 17.0 Å². The number of hydrogen-bond donors (Lipinski definition) is 1. The first-order chi connectivity index (χ1) is 11.7. The van der Waals surface area contributed by atoms with Gasteiger partial charge in [-0.05, 0) is 112 Å². The minimum atomic E-state index is -3.46. The summed E-state index contributed by atoms with van der Waals surface area (Å²) < 4.78 is 29.2. The van der Waals surface area contributed by atoms with Gasteiger partial charge in [0.05, 0.1) is 4.90 Å². The summed E-state index contributed by atoms with van der Waals surface area (Å²) >= 11 is 0. The lowest BCUT2D eigenvalue weighted by molar-refractivity contribution is -0.0463. The Balaban J connectivity index is 1.56. The van der Waals surface area contributed by atoms with Gasteiger partial charge in [0.1, 0.15) is 0 Å². The van der Waals surface area contributed by atoms with Crippen molar-refractivity contribution in [2.45, 2.75) is 70.7 Å². The zero-order valence-electron chi connectivity index (χ0n) is 15.9. The molecule has 0 amide bonds. The van der Waals surface area contributed by atoms with E-state index in [0.717, 1.165) is 40.4 Å². The van der Waals surface area contributed by atoms with Crippen LogP contribution in [0.1, 0.15) is 55.7 Å². The molecule has 4 aliphatic rings. The van der Waals surface area contributed by atoms with E-state index in [4.69, 9.17) is 0 Å². The molecule has 4 aliphatic carbocycles. The summed E-state index contributed by atoms with van der Waals surface area (Å²) in [5, 5.41) is 0. The van der Waals surface area contributed by atoms with E-state index >= 15 is 0 Å². The highest BCUT2D eigenvalue weighted by Gasteiger charge is 2.50. The molecule has 4 fully saturated rings. The molecule has 0 radical (unpaired) electrons. The standard InChI is InChI=1S/C21H31NO2S/c1-12-5-14(3)20(6-13(12)2)25(23,24)22-15(4)21-18-8-16-7-17(10-18)11-19(21)9-16/h5-6,15-19,21-22H,7-11H2,1-4H3/t15-,16?,17?,18?,19?,21?/m1/s1. The predicted octanol–water partition coefficient (Wildman–Crippen LogP) is 4.35. The Hall–Kier alpha value is -0.870. The number of nitrogens with one attached hydrogen (secondary N) is 1. The van der Waals surface area contributed by atoms with Crippen LogP contribution >= 0.6 is 0 Å². The Bertz CT molecular complexity index is 755. The number of benzene rings is 1. The zero-order valence-corrected chi connectivity index (χ0v) is 16.7. The van der Waals surface area contributed by atoms with E-state index in [-0.39, 0.29) is 6.04 Å². The fourth-order valence-electron chi connectivity index (χ4n) is 6.39. The van der Waals surface area contributed by atoms with E-state index in [1.165, 1.54) is 32.1 Å². The van der Waals surface area contributed by atoms with Crippen LogP contribution in [0, 0.1) is 50.4 Å². The van der Waals surface area contributed by atoms with Crippen LogP contribution in [0.4, 0.5) is 0 Å². The molecule has 1 aromatic rings. The number of sulfonamides is 1. The van der Waals surface area contributed by atoms with Crippen LogP contribution in [0.2, 0.25) is 0 Å². The average molecular weight is 362 g/mol. The van der Waals surface area contributed by atoms with Crippen molar-refractivity contribution in [3.8, 4) is 0 Å². The van der Waals surface area contributed by atoms with Gasteiger partial charge >= 0.3 is 0 Å². The Morgan fingerprint density at radius 3 is 1.96 bits per heavy atom. The van der Waals surface area contributed by atoms with Gasteiger partial charge in [0.2, 0.25) is 10.0 Å². The summed E-state index contributed by atoms with van der Waals surface area (Å²) in [5.41, 5.74) is 3.02. The van der Waals surface area contributed by atoms with E-state index in [0.29, 0.717) is 10.8 Å². The quantitative estimate of drug-likeness (QED) is 0.866. The topological polar surface area (TPSA) is 46.2 Å². The molecule has 0 saturated heterocycles. The van der Waals surface area contributed by atoms with Crippen LogP contribution < -0.4 is 4.72 Å². The third-order valence-corrected chi connectivity index (χ3v) is 9.00. The molecule has 3 nitrogen and oxygen atoms in total. The smallest absolute Gasteiger partial charge is 0.208 e. The first-order valence-electron chi connectivity index (χ1n) is 9.84. The Kier molecular flexibility index (Phi) is 4.27. The molecule has 0 heterocycles. The number of rotatable bonds is 4. The van der Waals surface area contributed by atoms with Crippen LogP contribution in [0.25, 0.3) is 0 Å². The molecule has 1 aromatic carbocycles. The molecule has 0 spiro atoms. The number of aryl methyl sites for hydroxylation is 3. The molecule has 1 atom stereocenters. The summed E-state index contributed by atoms with van der Waals surface area (Å²) in [6.07, 6.45) is 6.74. The largest absolute Gasteiger partial charge is 0.241 e. The summed E-state index contributed by atoms with van der Waals surface area (Å²) in [4.78, 5) is 0.450. The summed E-state index contributed by atoms with van der Waals surface area (Å²) in [5.74, 6) is 3.83. The van der Waals surface area contributed by atoms with Crippen molar-refractivity contribution >= 4 is 10.0 Å². The molecule has 4 bridgehead atoms. The van der Waals surface area contributed by atoms with Gasteiger partial charge in [-0.25, -0.2) is 13.1 Å². The monoisotopic (exact) mass is 361 g/mol. The Morgan fingerprint density at radius 2 is 1.40 bits per heavy atom. The maximum absolute atomic E-state index is 13.1. The Labute approximate surface area is 152 Å². The van der Waals surface area contributed by atoms with Gasteiger partial charge in [-0.1, -0.05) is 6.07 Å². The van der Waals surface area contributed by atoms with Crippen molar-refractivity contribution in [3.05, 3.63) is 28.8 Å². The van der Waals surface area contributed by atoms with E-state index < -0.39 is 10.0 Å². The normalized spacial score (nSPS) is 35.1. The van der Waals surface area contributed by atoms with Gasteiger partial charge in [0.15, 0.2) is 0 Å². The van der Waals surface area contributed by atoms with Crippen molar-refractivity contribution < 1.29 is 8.42 Å². The van der Waals surface area contributed by atoms with Gasteiger partial charge in [0, 0.05) is 6.04 Å². The van der Waals surface area contributed by atoms with E-state index in [1.807, 2.05) is 32.9 Å². The Morgan fingerprint density at radius 1 is 0.880 bits per heavy atom. The minimum Gasteiger partial charge on any atom is -0.208 e. The van der Waals surface area contributed by atoms with Crippen molar-refractivity contribution in [2.75, 3.05) is 0 Å². The van der Waals surface area contributed by atoms with Crippen LogP contribution in [0.3, 0.4) is 0 Å². The van der Waals surface area contributed by atoms with Crippen LogP contribution in [0.5, 0.6) is 0 Å². The molecule has 0 unspecified atom stereocenters. The molecule has 25 heavy (non-hydrogen) atoms. The summed E-state index contributed by atoms with van der Waals surface area (Å²) in [6, 6.07) is 3.84. The lowest BCUT2D eigenvalue weighted by atomic mass is 9.51. The van der Waals surface area contributed by atoms with E-state index in [9.17, 15) is 8.42 Å². The van der Waals surface area contributed by atoms with Crippen molar-refractivity contribution in [2.24, 2.45) is 29.6 Å². The molecule has 4 heteroatoms. The average Bonchev–Trinajstić information content (AvgIpc) is 2.49. The molecule has 0 aromatic heterocycles. The molecular weight excluding hydrogens is 330 g/mol. The molecule has 138 valence electrons. The van der Waals surface area contributed by atoms with Gasteiger partial charge in [0.25, 0.3) is 0 Å². The third-order valence-electron chi connectivity index (χ3n) is 7.30. The van der Waals surface area contributed by atoms with E-state index in [1.54, 1.807) is 0 Å². The van der Waals surface area contributed by atoms with Crippen molar-refractivity contribution in [1.82, 2.24) is 4.72 Å². The van der Waals surface area contributed by atoms with Crippen LogP contribution in [-0.4, -0.2) is 14.5 Å². The summed E-state index contributed by atoms with van der Waals surface area (Å²) in [6.45, 7) is 8.01. The second-order valence-corrected chi connectivity index (χ2v) is 10.8. The van der Waals surface area contributed by atoms with Gasteiger partial charge in [-0.2, -0.15) is 0 Å². The van der Waals surface area contributed by atoms with Gasteiger partial charge in [-0.15, -0.1) is 0 Å². The lowest BCUT2D eigenvalue weighted by Crippen LogP contribution is -2.53. The lowest BCUT2D eigenvalue weighted by Gasteiger charge is -2.56. The fraction of sp³-hybridized carbons (Fsp3) is 0.714. The molecule has 4 saturated carbocycles. The predicted molar refractivity (Wildman–Crippen MR) is 101 cm³/mol. The van der Waals surface area contributed by atoms with Crippen molar-refractivity contribution in [1.29, 1.82) is 0 Å². The highest BCUT2D eigenvalue weighted by molar-refractivity contribution is 7.89. The molecule has 5 rings (SSSR count).